The number of phenolic OH excluding ortho intramolecular Hbond substituents is 2. The highest BCUT2D eigenvalue weighted by Gasteiger charge is 2.31. The van der Waals surface area contributed by atoms with Crippen LogP contribution in [0.2, 0.25) is 0 Å². The molecule has 11 heteroatoms. The summed E-state index contributed by atoms with van der Waals surface area (Å²) >= 11 is 0. The first-order valence-electron chi connectivity index (χ1n) is 14.4. The van der Waals surface area contributed by atoms with Crippen LogP contribution in [0.1, 0.15) is 37.0 Å². The smallest absolute Gasteiger partial charge is 0.326 e. The van der Waals surface area contributed by atoms with Gasteiger partial charge < -0.3 is 37.0 Å². The van der Waals surface area contributed by atoms with Crippen molar-refractivity contribution in [3.63, 3.8) is 0 Å². The summed E-state index contributed by atoms with van der Waals surface area (Å²) in [5.74, 6) is -3.01. The van der Waals surface area contributed by atoms with Gasteiger partial charge >= 0.3 is 5.97 Å². The number of hydrogen-bond donors (Lipinski definition) is 7. The topological polar surface area (TPSA) is 191 Å². The maximum atomic E-state index is 13.7. The molecular weight excluding hydrogens is 564 g/mol. The van der Waals surface area contributed by atoms with Crippen molar-refractivity contribution in [2.24, 2.45) is 11.7 Å². The molecule has 11 nitrogen and oxygen atoms in total. The molecule has 3 amide bonds. The van der Waals surface area contributed by atoms with Crippen molar-refractivity contribution in [2.75, 3.05) is 0 Å². The molecule has 8 N–H and O–H groups in total. The average molecular weight is 605 g/mol. The summed E-state index contributed by atoms with van der Waals surface area (Å²) in [6.07, 6.45) is 0.423. The Hall–Kier alpha value is -4.90. The fraction of sp³-hybridized carbons (Fsp3) is 0.333. The lowest BCUT2D eigenvalue weighted by Gasteiger charge is -2.26. The molecule has 0 fully saturated rings. The third-order valence-corrected chi connectivity index (χ3v) is 6.98. The molecule has 3 rings (SSSR count). The predicted molar refractivity (Wildman–Crippen MR) is 165 cm³/mol. The highest BCUT2D eigenvalue weighted by Crippen LogP contribution is 2.15. The van der Waals surface area contributed by atoms with Gasteiger partial charge in [0, 0.05) is 19.3 Å². The number of carboxylic acid groups (broad SMARTS) is 1. The molecule has 0 aliphatic carbocycles. The standard InChI is InChI=1S/C33H40N4O7/c1-20(2)16-26(34)30(40)35-27(17-22-8-12-24(38)13-9-22)31(41)36-28(18-23-10-14-25(39)15-11-23)32(42)37-29(33(43)44)19-21-6-4-3-5-7-21/h3-15,20,26-29,38-39H,16-19,34H2,1-2H3,(H,35,40)(H,36,41)(H,37,42)(H,43,44). The van der Waals surface area contributed by atoms with Gasteiger partial charge in [0.2, 0.25) is 17.7 Å². The van der Waals surface area contributed by atoms with Gasteiger partial charge in [-0.05, 0) is 53.3 Å². The summed E-state index contributed by atoms with van der Waals surface area (Å²) in [5.41, 5.74) is 8.00. The molecule has 3 aromatic rings. The van der Waals surface area contributed by atoms with Crippen molar-refractivity contribution < 1.29 is 34.5 Å². The zero-order valence-electron chi connectivity index (χ0n) is 24.8. The highest BCUT2D eigenvalue weighted by molar-refractivity contribution is 5.94. The Kier molecular flexibility index (Phi) is 12.3. The van der Waals surface area contributed by atoms with Crippen molar-refractivity contribution in [1.29, 1.82) is 0 Å². The number of nitrogens with one attached hydrogen (secondary N) is 3. The van der Waals surface area contributed by atoms with E-state index in [4.69, 9.17) is 5.73 Å². The number of hydrogen-bond acceptors (Lipinski definition) is 7. The third kappa shape index (κ3) is 10.7. The number of aromatic hydroxyl groups is 2. The number of amides is 3. The van der Waals surface area contributed by atoms with Crippen LogP contribution >= 0.6 is 0 Å². The molecule has 0 saturated carbocycles. The molecule has 0 aromatic heterocycles. The van der Waals surface area contributed by atoms with Crippen LogP contribution in [0.3, 0.4) is 0 Å². The number of carboxylic acids is 1. The van der Waals surface area contributed by atoms with E-state index in [1.165, 1.54) is 24.3 Å². The van der Waals surface area contributed by atoms with Crippen LogP contribution in [-0.4, -0.2) is 63.2 Å². The second-order valence-corrected chi connectivity index (χ2v) is 11.2. The lowest BCUT2D eigenvalue weighted by molar-refractivity contribution is -0.142. The SMILES string of the molecule is CC(C)CC(N)C(=O)NC(Cc1ccc(O)cc1)C(=O)NC(Cc1ccc(O)cc1)C(=O)NC(Cc1ccccc1)C(=O)O. The van der Waals surface area contributed by atoms with Crippen molar-refractivity contribution >= 4 is 23.7 Å². The Labute approximate surface area is 256 Å². The maximum absolute atomic E-state index is 13.7. The van der Waals surface area contributed by atoms with Crippen LogP contribution < -0.4 is 21.7 Å². The van der Waals surface area contributed by atoms with Gasteiger partial charge in [-0.2, -0.15) is 0 Å². The van der Waals surface area contributed by atoms with Crippen LogP contribution in [0.4, 0.5) is 0 Å². The van der Waals surface area contributed by atoms with E-state index in [0.717, 1.165) is 0 Å². The summed E-state index contributed by atoms with van der Waals surface area (Å²) in [4.78, 5) is 52.3. The summed E-state index contributed by atoms with van der Waals surface area (Å²) < 4.78 is 0. The van der Waals surface area contributed by atoms with Crippen molar-refractivity contribution in [3.05, 3.63) is 95.6 Å². The molecule has 4 unspecified atom stereocenters. The number of carbonyl (C=O) groups excluding carboxylic acids is 3. The zero-order chi connectivity index (χ0) is 32.2. The van der Waals surface area contributed by atoms with Gasteiger partial charge in [-0.1, -0.05) is 68.4 Å². The number of nitrogens with two attached hydrogens (primary N) is 1. The van der Waals surface area contributed by atoms with E-state index in [1.807, 2.05) is 13.8 Å². The highest BCUT2D eigenvalue weighted by atomic mass is 16.4. The predicted octanol–water partition coefficient (Wildman–Crippen LogP) is 2.04. The lowest BCUT2D eigenvalue weighted by Crippen LogP contribution is -2.58. The summed E-state index contributed by atoms with van der Waals surface area (Å²) in [6, 6.07) is 16.5. The summed E-state index contributed by atoms with van der Waals surface area (Å²) in [5, 5.41) is 37.1. The van der Waals surface area contributed by atoms with Crippen LogP contribution in [0.15, 0.2) is 78.9 Å². The van der Waals surface area contributed by atoms with Gasteiger partial charge in [0.1, 0.15) is 29.6 Å². The van der Waals surface area contributed by atoms with Crippen molar-refractivity contribution in [3.8, 4) is 11.5 Å². The Morgan fingerprint density at radius 3 is 1.43 bits per heavy atom. The first kappa shape index (κ1) is 33.6. The Morgan fingerprint density at radius 1 is 0.614 bits per heavy atom. The second kappa shape index (κ2) is 16.1. The van der Waals surface area contributed by atoms with Crippen LogP contribution in [0.5, 0.6) is 11.5 Å². The van der Waals surface area contributed by atoms with Crippen molar-refractivity contribution in [2.45, 2.75) is 63.7 Å². The van der Waals surface area contributed by atoms with E-state index < -0.39 is 47.9 Å². The average Bonchev–Trinajstić information content (AvgIpc) is 2.98. The van der Waals surface area contributed by atoms with E-state index in [0.29, 0.717) is 23.1 Å². The molecular formula is C33H40N4O7. The van der Waals surface area contributed by atoms with Gasteiger partial charge in [-0.3, -0.25) is 14.4 Å². The lowest BCUT2D eigenvalue weighted by atomic mass is 10.00. The largest absolute Gasteiger partial charge is 0.508 e. The van der Waals surface area contributed by atoms with Crippen LogP contribution in [0, 0.1) is 5.92 Å². The Bertz CT molecular complexity index is 1400. The number of rotatable bonds is 15. The molecule has 44 heavy (non-hydrogen) atoms. The van der Waals surface area contributed by atoms with Crippen molar-refractivity contribution in [1.82, 2.24) is 16.0 Å². The fourth-order valence-electron chi connectivity index (χ4n) is 4.64. The molecule has 0 spiro atoms. The zero-order valence-corrected chi connectivity index (χ0v) is 24.8. The van der Waals surface area contributed by atoms with E-state index in [9.17, 15) is 34.5 Å². The first-order valence-corrected chi connectivity index (χ1v) is 14.4. The molecule has 0 heterocycles. The van der Waals surface area contributed by atoms with Gasteiger partial charge in [0.05, 0.1) is 6.04 Å². The van der Waals surface area contributed by atoms with E-state index in [1.54, 1.807) is 54.6 Å². The molecule has 0 aliphatic rings. The van der Waals surface area contributed by atoms with Gasteiger partial charge in [-0.15, -0.1) is 0 Å². The van der Waals surface area contributed by atoms with Gasteiger partial charge in [0.15, 0.2) is 0 Å². The summed E-state index contributed by atoms with van der Waals surface area (Å²) in [6.45, 7) is 3.84. The van der Waals surface area contributed by atoms with Crippen LogP contribution in [0.25, 0.3) is 0 Å². The molecule has 234 valence electrons. The van der Waals surface area contributed by atoms with E-state index >= 15 is 0 Å². The monoisotopic (exact) mass is 604 g/mol. The second-order valence-electron chi connectivity index (χ2n) is 11.2. The molecule has 0 aliphatic heterocycles. The number of aliphatic carboxylic acids is 1. The number of benzene rings is 3. The molecule has 0 saturated heterocycles. The van der Waals surface area contributed by atoms with Gasteiger partial charge in [0.25, 0.3) is 0 Å². The Morgan fingerprint density at radius 2 is 1.00 bits per heavy atom. The number of carbonyl (C=O) groups is 4. The molecule has 4 atom stereocenters. The minimum absolute atomic E-state index is 0.0157. The Balaban J connectivity index is 1.86. The summed E-state index contributed by atoms with van der Waals surface area (Å²) in [7, 11) is 0. The minimum Gasteiger partial charge on any atom is -0.508 e. The maximum Gasteiger partial charge on any atom is 0.326 e. The van der Waals surface area contributed by atoms with Crippen LogP contribution in [-0.2, 0) is 38.4 Å². The quantitative estimate of drug-likeness (QED) is 0.137. The van der Waals surface area contributed by atoms with Gasteiger partial charge in [-0.25, -0.2) is 4.79 Å². The number of phenols is 2. The fourth-order valence-corrected chi connectivity index (χ4v) is 4.64. The first-order chi connectivity index (χ1) is 20.9. The van der Waals surface area contributed by atoms with E-state index in [-0.39, 0.29) is 36.7 Å². The van der Waals surface area contributed by atoms with E-state index in [2.05, 4.69) is 16.0 Å². The molecule has 0 bridgehead atoms. The minimum atomic E-state index is -1.27. The normalized spacial score (nSPS) is 13.7. The molecule has 3 aromatic carbocycles. The third-order valence-electron chi connectivity index (χ3n) is 6.98. The molecule has 0 radical (unpaired) electrons.